The molecule has 1 N–H and O–H groups in total. The molecule has 0 spiro atoms. The number of fused-ring (bicyclic) bond motifs is 1. The van der Waals surface area contributed by atoms with E-state index < -0.39 is 5.97 Å². The van der Waals surface area contributed by atoms with Crippen LogP contribution in [0.4, 0.5) is 0 Å². The standard InChI is InChI=1S/C13H17BrO2S/c1-12(2)5-7-8(11(15)16)10(14)17-9(7)13(3,4)6-12/h5-6H2,1-4H3,(H,15,16). The summed E-state index contributed by atoms with van der Waals surface area (Å²) < 4.78 is 0.765. The van der Waals surface area contributed by atoms with Crippen LogP contribution in [0, 0.1) is 5.41 Å². The van der Waals surface area contributed by atoms with Gasteiger partial charge >= 0.3 is 5.97 Å². The Hall–Kier alpha value is -0.350. The van der Waals surface area contributed by atoms with E-state index in [0.29, 0.717) is 5.56 Å². The molecule has 2 rings (SSSR count). The highest BCUT2D eigenvalue weighted by atomic mass is 79.9. The van der Waals surface area contributed by atoms with Gasteiger partial charge in [0.25, 0.3) is 0 Å². The minimum Gasteiger partial charge on any atom is -0.478 e. The van der Waals surface area contributed by atoms with Crippen LogP contribution in [-0.2, 0) is 11.8 Å². The van der Waals surface area contributed by atoms with Crippen molar-refractivity contribution in [1.82, 2.24) is 0 Å². The first kappa shape index (κ1) is 13.1. The Balaban J connectivity index is 2.67. The van der Waals surface area contributed by atoms with Crippen LogP contribution in [0.2, 0.25) is 0 Å². The molecule has 1 aliphatic rings. The number of aromatic carboxylic acids is 1. The largest absolute Gasteiger partial charge is 0.478 e. The van der Waals surface area contributed by atoms with E-state index in [-0.39, 0.29) is 10.8 Å². The van der Waals surface area contributed by atoms with Crippen LogP contribution in [-0.4, -0.2) is 11.1 Å². The Morgan fingerprint density at radius 2 is 1.94 bits per heavy atom. The molecule has 0 unspecified atom stereocenters. The molecule has 0 radical (unpaired) electrons. The third-order valence-electron chi connectivity index (χ3n) is 3.37. The maximum Gasteiger partial charge on any atom is 0.338 e. The van der Waals surface area contributed by atoms with Crippen molar-refractivity contribution in [2.45, 2.75) is 46.0 Å². The van der Waals surface area contributed by atoms with Crippen LogP contribution in [0.15, 0.2) is 3.79 Å². The van der Waals surface area contributed by atoms with E-state index in [1.165, 1.54) is 4.88 Å². The second-order valence-corrected chi connectivity index (χ2v) is 8.60. The number of carboxylic acids is 1. The predicted octanol–water partition coefficient (Wildman–Crippen LogP) is 4.46. The summed E-state index contributed by atoms with van der Waals surface area (Å²) >= 11 is 4.99. The van der Waals surface area contributed by atoms with Crippen LogP contribution < -0.4 is 0 Å². The number of carboxylic acid groups (broad SMARTS) is 1. The van der Waals surface area contributed by atoms with Gasteiger partial charge in [0.15, 0.2) is 0 Å². The van der Waals surface area contributed by atoms with Crippen molar-refractivity contribution in [2.75, 3.05) is 0 Å². The molecule has 0 amide bonds. The van der Waals surface area contributed by atoms with E-state index in [4.69, 9.17) is 0 Å². The Morgan fingerprint density at radius 3 is 2.47 bits per heavy atom. The third kappa shape index (κ3) is 2.17. The molecule has 0 bridgehead atoms. The van der Waals surface area contributed by atoms with E-state index in [1.54, 1.807) is 11.3 Å². The molecule has 0 aliphatic heterocycles. The van der Waals surface area contributed by atoms with Crippen LogP contribution in [0.25, 0.3) is 0 Å². The van der Waals surface area contributed by atoms with Gasteiger partial charge in [-0.25, -0.2) is 4.79 Å². The van der Waals surface area contributed by atoms with Gasteiger partial charge in [0, 0.05) is 4.88 Å². The molecule has 1 aliphatic carbocycles. The molecule has 1 aromatic rings. The zero-order valence-corrected chi connectivity index (χ0v) is 13.0. The van der Waals surface area contributed by atoms with Gasteiger partial charge in [0.05, 0.1) is 9.35 Å². The maximum absolute atomic E-state index is 11.4. The van der Waals surface area contributed by atoms with Crippen molar-refractivity contribution in [3.05, 3.63) is 19.8 Å². The number of halogens is 1. The molecule has 94 valence electrons. The summed E-state index contributed by atoms with van der Waals surface area (Å²) in [6.45, 7) is 8.85. The minimum absolute atomic E-state index is 0.0674. The summed E-state index contributed by atoms with van der Waals surface area (Å²) in [6.07, 6.45) is 1.95. The van der Waals surface area contributed by atoms with Crippen molar-refractivity contribution in [1.29, 1.82) is 0 Å². The number of thiophene rings is 1. The summed E-state index contributed by atoms with van der Waals surface area (Å²) in [5.74, 6) is -0.817. The topological polar surface area (TPSA) is 37.3 Å². The Kier molecular flexibility index (Phi) is 2.94. The Morgan fingerprint density at radius 1 is 1.35 bits per heavy atom. The van der Waals surface area contributed by atoms with Gasteiger partial charge < -0.3 is 5.11 Å². The number of carbonyl (C=O) groups is 1. The second-order valence-electron chi connectivity index (χ2n) is 6.27. The average molecular weight is 317 g/mol. The third-order valence-corrected chi connectivity index (χ3v) is 5.64. The van der Waals surface area contributed by atoms with Crippen molar-refractivity contribution in [2.24, 2.45) is 5.41 Å². The van der Waals surface area contributed by atoms with E-state index in [2.05, 4.69) is 43.6 Å². The smallest absolute Gasteiger partial charge is 0.338 e. The zero-order valence-electron chi connectivity index (χ0n) is 10.6. The fraction of sp³-hybridized carbons (Fsp3) is 0.615. The molecule has 0 saturated carbocycles. The van der Waals surface area contributed by atoms with Crippen LogP contribution in [0.1, 0.15) is 54.9 Å². The quantitative estimate of drug-likeness (QED) is 0.830. The van der Waals surface area contributed by atoms with Gasteiger partial charge in [-0.15, -0.1) is 11.3 Å². The normalized spacial score (nSPS) is 21.0. The molecular weight excluding hydrogens is 300 g/mol. The molecule has 1 aromatic heterocycles. The van der Waals surface area contributed by atoms with Gasteiger partial charge in [-0.05, 0) is 45.2 Å². The van der Waals surface area contributed by atoms with Crippen LogP contribution in [0.3, 0.4) is 0 Å². The van der Waals surface area contributed by atoms with Crippen molar-refractivity contribution >= 4 is 33.2 Å². The first-order valence-corrected chi connectivity index (χ1v) is 7.30. The lowest BCUT2D eigenvalue weighted by atomic mass is 9.65. The summed E-state index contributed by atoms with van der Waals surface area (Å²) in [5.41, 5.74) is 1.75. The second kappa shape index (κ2) is 3.82. The maximum atomic E-state index is 11.4. The Labute approximate surface area is 114 Å². The minimum atomic E-state index is -0.817. The lowest BCUT2D eigenvalue weighted by Gasteiger charge is -2.40. The van der Waals surface area contributed by atoms with E-state index in [1.807, 2.05) is 0 Å². The molecule has 0 saturated heterocycles. The zero-order chi connectivity index (χ0) is 13.0. The fourth-order valence-electron chi connectivity index (χ4n) is 3.18. The van der Waals surface area contributed by atoms with Crippen molar-refractivity contribution in [3.8, 4) is 0 Å². The highest BCUT2D eigenvalue weighted by molar-refractivity contribution is 9.11. The SMILES string of the molecule is CC1(C)Cc2c(sc(Br)c2C(=O)O)C(C)(C)C1. The van der Waals surface area contributed by atoms with Crippen molar-refractivity contribution in [3.63, 3.8) is 0 Å². The molecule has 17 heavy (non-hydrogen) atoms. The number of hydrogen-bond acceptors (Lipinski definition) is 2. The highest BCUT2D eigenvalue weighted by Crippen LogP contribution is 2.51. The Bertz CT molecular complexity index is 486. The van der Waals surface area contributed by atoms with Crippen LogP contribution >= 0.6 is 27.3 Å². The molecule has 2 nitrogen and oxygen atoms in total. The molecule has 0 atom stereocenters. The lowest BCUT2D eigenvalue weighted by Crippen LogP contribution is -2.34. The molecule has 0 aromatic carbocycles. The predicted molar refractivity (Wildman–Crippen MR) is 74.1 cm³/mol. The van der Waals surface area contributed by atoms with E-state index in [0.717, 1.165) is 22.2 Å². The highest BCUT2D eigenvalue weighted by Gasteiger charge is 2.41. The fourth-order valence-corrected chi connectivity index (χ4v) is 5.21. The molecule has 1 heterocycles. The van der Waals surface area contributed by atoms with Crippen LogP contribution in [0.5, 0.6) is 0 Å². The van der Waals surface area contributed by atoms with Gasteiger partial charge in [0.2, 0.25) is 0 Å². The van der Waals surface area contributed by atoms with Gasteiger partial charge in [-0.3, -0.25) is 0 Å². The molecule has 4 heteroatoms. The van der Waals surface area contributed by atoms with E-state index >= 15 is 0 Å². The molecular formula is C13H17BrO2S. The van der Waals surface area contributed by atoms with Gasteiger partial charge in [-0.2, -0.15) is 0 Å². The van der Waals surface area contributed by atoms with Gasteiger partial charge in [0.1, 0.15) is 0 Å². The summed E-state index contributed by atoms with van der Waals surface area (Å²) in [4.78, 5) is 12.6. The van der Waals surface area contributed by atoms with Gasteiger partial charge in [-0.1, -0.05) is 27.7 Å². The first-order valence-electron chi connectivity index (χ1n) is 5.69. The summed E-state index contributed by atoms with van der Waals surface area (Å²) in [5, 5.41) is 9.33. The summed E-state index contributed by atoms with van der Waals surface area (Å²) in [6, 6.07) is 0. The first-order chi connectivity index (χ1) is 7.64. The monoisotopic (exact) mass is 316 g/mol. The number of rotatable bonds is 1. The summed E-state index contributed by atoms with van der Waals surface area (Å²) in [7, 11) is 0. The van der Waals surface area contributed by atoms with Crippen molar-refractivity contribution < 1.29 is 9.90 Å². The number of hydrogen-bond donors (Lipinski definition) is 1. The molecule has 0 fully saturated rings. The lowest BCUT2D eigenvalue weighted by molar-refractivity contribution is 0.0694. The average Bonchev–Trinajstić information content (AvgIpc) is 2.38. The van der Waals surface area contributed by atoms with E-state index in [9.17, 15) is 9.90 Å².